The topological polar surface area (TPSA) is 48.9 Å². The van der Waals surface area contributed by atoms with E-state index in [1.807, 2.05) is 26.8 Å². The summed E-state index contributed by atoms with van der Waals surface area (Å²) < 4.78 is 5.48. The van der Waals surface area contributed by atoms with Crippen LogP contribution in [-0.2, 0) is 4.74 Å². The number of halogens is 1. The summed E-state index contributed by atoms with van der Waals surface area (Å²) in [5.74, 6) is 0.327. The van der Waals surface area contributed by atoms with Crippen molar-refractivity contribution >= 4 is 23.4 Å². The van der Waals surface area contributed by atoms with Crippen LogP contribution in [0.25, 0.3) is 0 Å². The van der Waals surface area contributed by atoms with Crippen molar-refractivity contribution in [2.75, 3.05) is 51.2 Å². The highest BCUT2D eigenvalue weighted by molar-refractivity contribution is 6.29. The van der Waals surface area contributed by atoms with Gasteiger partial charge in [0.25, 0.3) is 0 Å². The summed E-state index contributed by atoms with van der Waals surface area (Å²) in [4.78, 5) is 23.4. The number of carbonyl (C=O) groups is 1. The van der Waals surface area contributed by atoms with E-state index in [4.69, 9.17) is 16.3 Å². The second-order valence-electron chi connectivity index (χ2n) is 8.60. The monoisotopic (exact) mass is 394 g/mol. The number of piperazine rings is 1. The molecule has 0 N–H and O–H groups in total. The van der Waals surface area contributed by atoms with Crippen molar-refractivity contribution in [3.8, 4) is 0 Å². The van der Waals surface area contributed by atoms with E-state index >= 15 is 0 Å². The van der Waals surface area contributed by atoms with Crippen molar-refractivity contribution in [1.82, 2.24) is 14.8 Å². The fourth-order valence-electron chi connectivity index (χ4n) is 3.64. The van der Waals surface area contributed by atoms with Crippen LogP contribution in [0, 0.1) is 0 Å². The van der Waals surface area contributed by atoms with Crippen LogP contribution >= 0.6 is 11.6 Å². The number of ether oxygens (including phenoxy) is 1. The van der Waals surface area contributed by atoms with Crippen LogP contribution < -0.4 is 4.90 Å². The highest BCUT2D eigenvalue weighted by Gasteiger charge is 2.28. The quantitative estimate of drug-likeness (QED) is 0.717. The zero-order chi connectivity index (χ0) is 19.6. The van der Waals surface area contributed by atoms with Gasteiger partial charge in [-0.2, -0.15) is 0 Å². The summed E-state index contributed by atoms with van der Waals surface area (Å²) in [6.45, 7) is 11.2. The number of pyridine rings is 1. The van der Waals surface area contributed by atoms with Gasteiger partial charge < -0.3 is 19.4 Å². The Morgan fingerprint density at radius 3 is 2.33 bits per heavy atom. The van der Waals surface area contributed by atoms with Gasteiger partial charge in [-0.3, -0.25) is 0 Å². The van der Waals surface area contributed by atoms with E-state index in [9.17, 15) is 4.79 Å². The molecular weight excluding hydrogens is 364 g/mol. The highest BCUT2D eigenvalue weighted by atomic mass is 35.5. The Morgan fingerprint density at radius 2 is 1.74 bits per heavy atom. The number of hydrogen-bond donors (Lipinski definition) is 0. The van der Waals surface area contributed by atoms with Crippen molar-refractivity contribution < 1.29 is 9.53 Å². The van der Waals surface area contributed by atoms with Gasteiger partial charge in [0, 0.05) is 56.6 Å². The molecule has 3 rings (SSSR count). The molecule has 0 atom stereocenters. The molecule has 2 aliphatic heterocycles. The number of carbonyl (C=O) groups excluding carboxylic acids is 1. The van der Waals surface area contributed by atoms with E-state index in [0.29, 0.717) is 24.2 Å². The minimum atomic E-state index is -0.458. The Balaban J connectivity index is 1.63. The molecule has 2 fully saturated rings. The molecule has 150 valence electrons. The lowest BCUT2D eigenvalue weighted by molar-refractivity contribution is 0.0204. The fourth-order valence-corrected chi connectivity index (χ4v) is 3.85. The number of piperidine rings is 1. The van der Waals surface area contributed by atoms with E-state index < -0.39 is 5.60 Å². The van der Waals surface area contributed by atoms with Crippen molar-refractivity contribution in [1.29, 1.82) is 0 Å². The van der Waals surface area contributed by atoms with Gasteiger partial charge in [0.2, 0.25) is 0 Å². The first kappa shape index (κ1) is 20.2. The largest absolute Gasteiger partial charge is 0.444 e. The van der Waals surface area contributed by atoms with E-state index in [1.54, 1.807) is 4.90 Å². The molecule has 0 unspecified atom stereocenters. The number of aromatic nitrogens is 1. The highest BCUT2D eigenvalue weighted by Crippen LogP contribution is 2.31. The normalized spacial score (nSPS) is 20.0. The van der Waals surface area contributed by atoms with Crippen LogP contribution in [0.5, 0.6) is 0 Å². The van der Waals surface area contributed by atoms with Crippen LogP contribution in [0.4, 0.5) is 10.5 Å². The number of anilines is 1. The fraction of sp³-hybridized carbons (Fsp3) is 0.700. The van der Waals surface area contributed by atoms with Gasteiger partial charge in [0.1, 0.15) is 10.8 Å². The Hall–Kier alpha value is -1.53. The Bertz CT molecular complexity index is 660. The molecule has 0 saturated carbocycles. The Morgan fingerprint density at radius 1 is 1.11 bits per heavy atom. The van der Waals surface area contributed by atoms with Gasteiger partial charge in [-0.25, -0.2) is 9.78 Å². The first-order chi connectivity index (χ1) is 12.7. The van der Waals surface area contributed by atoms with Crippen LogP contribution in [0.3, 0.4) is 0 Å². The minimum Gasteiger partial charge on any atom is -0.444 e. The SMILES string of the molecule is CN1CCN(c2cc(Cl)nc(C3CCN(C(=O)OC(C)(C)C)CC3)c2)CC1. The molecule has 0 aromatic carbocycles. The van der Waals surface area contributed by atoms with Gasteiger partial charge in [0.15, 0.2) is 0 Å². The predicted octanol–water partition coefficient (Wildman–Crippen LogP) is 3.60. The third-order valence-electron chi connectivity index (χ3n) is 5.23. The van der Waals surface area contributed by atoms with Crippen molar-refractivity contribution in [2.24, 2.45) is 0 Å². The number of likely N-dealkylation sites (tertiary alicyclic amines) is 1. The predicted molar refractivity (Wildman–Crippen MR) is 109 cm³/mol. The summed E-state index contributed by atoms with van der Waals surface area (Å²) in [5.41, 5.74) is 1.74. The molecule has 27 heavy (non-hydrogen) atoms. The molecule has 0 radical (unpaired) electrons. The van der Waals surface area contributed by atoms with Crippen LogP contribution in [0.2, 0.25) is 5.15 Å². The van der Waals surface area contributed by atoms with Crippen molar-refractivity contribution in [2.45, 2.75) is 45.1 Å². The molecule has 3 heterocycles. The minimum absolute atomic E-state index is 0.224. The second kappa shape index (κ2) is 8.23. The Labute approximate surface area is 167 Å². The van der Waals surface area contributed by atoms with Crippen LogP contribution in [0.15, 0.2) is 12.1 Å². The molecule has 2 saturated heterocycles. The zero-order valence-electron chi connectivity index (χ0n) is 16.9. The van der Waals surface area contributed by atoms with E-state index in [2.05, 4.69) is 27.9 Å². The maximum atomic E-state index is 12.3. The van der Waals surface area contributed by atoms with Crippen molar-refractivity contribution in [3.63, 3.8) is 0 Å². The van der Waals surface area contributed by atoms with E-state index in [1.165, 1.54) is 0 Å². The maximum Gasteiger partial charge on any atom is 0.410 e. The summed E-state index contributed by atoms with van der Waals surface area (Å²) in [6.07, 6.45) is 1.54. The Kier molecular flexibility index (Phi) is 6.16. The van der Waals surface area contributed by atoms with Gasteiger partial charge in [-0.05, 0) is 52.8 Å². The first-order valence-electron chi connectivity index (χ1n) is 9.80. The van der Waals surface area contributed by atoms with Gasteiger partial charge in [-0.1, -0.05) is 11.6 Å². The molecular formula is C20H31ClN4O2. The zero-order valence-corrected chi connectivity index (χ0v) is 17.6. The third-order valence-corrected chi connectivity index (χ3v) is 5.43. The molecule has 0 aliphatic carbocycles. The summed E-state index contributed by atoms with van der Waals surface area (Å²) in [6, 6.07) is 4.15. The lowest BCUT2D eigenvalue weighted by Crippen LogP contribution is -2.44. The van der Waals surface area contributed by atoms with Gasteiger partial charge in [-0.15, -0.1) is 0 Å². The molecule has 0 bridgehead atoms. The molecule has 1 aromatic rings. The molecule has 1 amide bonds. The standard InChI is InChI=1S/C20H31ClN4O2/c1-20(2,3)27-19(26)25-7-5-15(6-8-25)17-13-16(14-18(21)22-17)24-11-9-23(4)10-12-24/h13-15H,5-12H2,1-4H3. The number of rotatable bonds is 2. The molecule has 7 heteroatoms. The number of hydrogen-bond acceptors (Lipinski definition) is 5. The third kappa shape index (κ3) is 5.48. The molecule has 6 nitrogen and oxygen atoms in total. The summed E-state index contributed by atoms with van der Waals surface area (Å²) in [7, 11) is 2.15. The average Bonchev–Trinajstić information content (AvgIpc) is 2.60. The lowest BCUT2D eigenvalue weighted by atomic mass is 9.93. The van der Waals surface area contributed by atoms with Gasteiger partial charge >= 0.3 is 6.09 Å². The summed E-state index contributed by atoms with van der Waals surface area (Å²) in [5, 5.41) is 0.552. The average molecular weight is 395 g/mol. The lowest BCUT2D eigenvalue weighted by Gasteiger charge is -2.35. The molecule has 1 aromatic heterocycles. The number of likely N-dealkylation sites (N-methyl/N-ethyl adjacent to an activating group) is 1. The molecule has 2 aliphatic rings. The van der Waals surface area contributed by atoms with Crippen LogP contribution in [-0.4, -0.2) is 72.8 Å². The number of nitrogens with zero attached hydrogens (tertiary/aromatic N) is 4. The van der Waals surface area contributed by atoms with E-state index in [0.717, 1.165) is 50.4 Å². The first-order valence-corrected chi connectivity index (χ1v) is 10.2. The van der Waals surface area contributed by atoms with E-state index in [-0.39, 0.29) is 6.09 Å². The summed E-state index contributed by atoms with van der Waals surface area (Å²) >= 11 is 6.34. The maximum absolute atomic E-state index is 12.3. The van der Waals surface area contributed by atoms with Gasteiger partial charge in [0.05, 0.1) is 0 Å². The molecule has 0 spiro atoms. The smallest absolute Gasteiger partial charge is 0.410 e. The second-order valence-corrected chi connectivity index (χ2v) is 8.99. The van der Waals surface area contributed by atoms with Crippen molar-refractivity contribution in [3.05, 3.63) is 23.0 Å². The van der Waals surface area contributed by atoms with Crippen LogP contribution in [0.1, 0.15) is 45.2 Å². The number of amides is 1.